The second-order valence-corrected chi connectivity index (χ2v) is 6.05. The van der Waals surface area contributed by atoms with Crippen molar-refractivity contribution in [2.75, 3.05) is 27.3 Å². The van der Waals surface area contributed by atoms with E-state index >= 15 is 0 Å². The normalized spacial score (nSPS) is 10.9. The Labute approximate surface area is 179 Å². The molecule has 0 saturated carbocycles. The molecule has 6 nitrogen and oxygen atoms in total. The molecule has 0 bridgehead atoms. The van der Waals surface area contributed by atoms with E-state index in [9.17, 15) is 0 Å². The highest BCUT2D eigenvalue weighted by atomic mass is 127. The summed E-state index contributed by atoms with van der Waals surface area (Å²) >= 11 is 0. The van der Waals surface area contributed by atoms with Crippen molar-refractivity contribution in [3.63, 3.8) is 0 Å². The molecule has 0 aliphatic rings. The fourth-order valence-electron chi connectivity index (χ4n) is 2.70. The third-order valence-corrected chi connectivity index (χ3v) is 4.09. The highest BCUT2D eigenvalue weighted by molar-refractivity contribution is 14.0. The van der Waals surface area contributed by atoms with E-state index in [4.69, 9.17) is 14.5 Å². The summed E-state index contributed by atoms with van der Waals surface area (Å²) in [5.74, 6) is 2.37. The molecule has 2 rings (SSSR count). The van der Waals surface area contributed by atoms with Crippen LogP contribution in [0, 0.1) is 0 Å². The van der Waals surface area contributed by atoms with Crippen molar-refractivity contribution in [2.45, 2.75) is 26.9 Å². The van der Waals surface area contributed by atoms with Crippen LogP contribution in [0.25, 0.3) is 0 Å². The quantitative estimate of drug-likeness (QED) is 0.352. The molecule has 0 saturated heterocycles. The van der Waals surface area contributed by atoms with Gasteiger partial charge in [0, 0.05) is 32.5 Å². The van der Waals surface area contributed by atoms with Crippen LogP contribution < -0.4 is 14.8 Å². The Balaban J connectivity index is 0.00000364. The van der Waals surface area contributed by atoms with Crippen LogP contribution in [0.15, 0.2) is 41.5 Å². The van der Waals surface area contributed by atoms with Crippen LogP contribution in [0.4, 0.5) is 0 Å². The average Bonchev–Trinajstić information content (AvgIpc) is 3.03. The van der Waals surface area contributed by atoms with Crippen LogP contribution in [0.2, 0.25) is 0 Å². The zero-order valence-electron chi connectivity index (χ0n) is 16.9. The first-order chi connectivity index (χ1) is 12.6. The molecule has 0 fully saturated rings. The molecular formula is C20H31IN4O2. The number of benzene rings is 1. The molecule has 0 amide bonds. The third-order valence-electron chi connectivity index (χ3n) is 4.09. The smallest absolute Gasteiger partial charge is 0.194 e. The van der Waals surface area contributed by atoms with Crippen LogP contribution in [-0.2, 0) is 20.1 Å². The van der Waals surface area contributed by atoms with E-state index in [0.717, 1.165) is 36.1 Å². The zero-order valence-corrected chi connectivity index (χ0v) is 19.2. The summed E-state index contributed by atoms with van der Waals surface area (Å²) in [5.41, 5.74) is 2.32. The molecule has 1 aromatic heterocycles. The molecule has 0 atom stereocenters. The molecule has 27 heavy (non-hydrogen) atoms. The number of rotatable bonds is 8. The van der Waals surface area contributed by atoms with Crippen molar-refractivity contribution in [3.05, 3.63) is 47.8 Å². The molecule has 0 aliphatic heterocycles. The number of hydrogen-bond acceptors (Lipinski definition) is 3. The number of guanidine groups is 1. The molecular weight excluding hydrogens is 455 g/mol. The predicted octanol–water partition coefficient (Wildman–Crippen LogP) is 3.65. The van der Waals surface area contributed by atoms with Gasteiger partial charge in [0.05, 0.1) is 26.8 Å². The van der Waals surface area contributed by atoms with Gasteiger partial charge in [-0.05, 0) is 43.7 Å². The lowest BCUT2D eigenvalue weighted by Crippen LogP contribution is -2.38. The summed E-state index contributed by atoms with van der Waals surface area (Å²) in [5, 5.41) is 3.36. The highest BCUT2D eigenvalue weighted by Crippen LogP contribution is 2.28. The van der Waals surface area contributed by atoms with Crippen molar-refractivity contribution in [1.82, 2.24) is 14.8 Å². The number of nitrogens with one attached hydrogen (secondary N) is 1. The summed E-state index contributed by atoms with van der Waals surface area (Å²) < 4.78 is 13.1. The van der Waals surface area contributed by atoms with Gasteiger partial charge >= 0.3 is 0 Å². The number of ether oxygens (including phenoxy) is 2. The van der Waals surface area contributed by atoms with Gasteiger partial charge in [-0.2, -0.15) is 0 Å². The number of aryl methyl sites for hydroxylation is 1. The first kappa shape index (κ1) is 23.1. The highest BCUT2D eigenvalue weighted by Gasteiger charge is 2.09. The van der Waals surface area contributed by atoms with Gasteiger partial charge < -0.3 is 24.3 Å². The Hall–Kier alpha value is -1.90. The molecule has 150 valence electrons. The third kappa shape index (κ3) is 6.64. The Morgan fingerprint density at radius 2 is 2.00 bits per heavy atom. The van der Waals surface area contributed by atoms with Gasteiger partial charge in [-0.1, -0.05) is 6.07 Å². The number of aliphatic imine (C=N–C) groups is 1. The van der Waals surface area contributed by atoms with Crippen molar-refractivity contribution >= 4 is 29.9 Å². The molecule has 7 heteroatoms. The van der Waals surface area contributed by atoms with Crippen molar-refractivity contribution in [1.29, 1.82) is 0 Å². The summed E-state index contributed by atoms with van der Waals surface area (Å²) in [6.45, 7) is 6.83. The molecule has 2 aromatic rings. The molecule has 1 heterocycles. The number of hydrogen-bond donors (Lipinski definition) is 1. The van der Waals surface area contributed by atoms with Gasteiger partial charge in [0.1, 0.15) is 0 Å². The van der Waals surface area contributed by atoms with E-state index in [-0.39, 0.29) is 24.0 Å². The lowest BCUT2D eigenvalue weighted by Gasteiger charge is -2.22. The van der Waals surface area contributed by atoms with Gasteiger partial charge in [0.15, 0.2) is 17.5 Å². The topological polar surface area (TPSA) is 51.0 Å². The van der Waals surface area contributed by atoms with Crippen LogP contribution >= 0.6 is 24.0 Å². The van der Waals surface area contributed by atoms with Gasteiger partial charge in [0.2, 0.25) is 0 Å². The zero-order chi connectivity index (χ0) is 18.9. The predicted molar refractivity (Wildman–Crippen MR) is 121 cm³/mol. The van der Waals surface area contributed by atoms with Gasteiger partial charge in [-0.3, -0.25) is 0 Å². The summed E-state index contributed by atoms with van der Waals surface area (Å²) in [7, 11) is 5.76. The minimum absolute atomic E-state index is 0. The SMILES string of the molecule is CCNC(=NCc1ccc(OC)c(OCC)c1)N(C)Cc1cccn1C.I. The first-order valence-electron chi connectivity index (χ1n) is 8.98. The lowest BCUT2D eigenvalue weighted by molar-refractivity contribution is 0.310. The standard InChI is InChI=1S/C20H30N4O2.HI/c1-6-21-20(24(4)15-17-9-8-12-23(17)3)22-14-16-10-11-18(25-5)19(13-16)26-7-2;/h8-13H,6-7,14-15H2,1-5H3,(H,21,22);1H. The Bertz CT molecular complexity index is 731. The molecule has 0 radical (unpaired) electrons. The van der Waals surface area contributed by atoms with Gasteiger partial charge in [0.25, 0.3) is 0 Å². The fraction of sp³-hybridized carbons (Fsp3) is 0.450. The maximum atomic E-state index is 5.65. The minimum atomic E-state index is 0. The van der Waals surface area contributed by atoms with Crippen LogP contribution in [0.5, 0.6) is 11.5 Å². The lowest BCUT2D eigenvalue weighted by atomic mass is 10.2. The molecule has 0 spiro atoms. The van der Waals surface area contributed by atoms with E-state index in [2.05, 4.69) is 47.1 Å². The maximum absolute atomic E-state index is 5.65. The second kappa shape index (κ2) is 11.7. The van der Waals surface area contributed by atoms with E-state index < -0.39 is 0 Å². The summed E-state index contributed by atoms with van der Waals surface area (Å²) in [6, 6.07) is 10.1. The Morgan fingerprint density at radius 3 is 2.59 bits per heavy atom. The van der Waals surface area contributed by atoms with E-state index in [1.807, 2.05) is 32.2 Å². The first-order valence-corrected chi connectivity index (χ1v) is 8.98. The van der Waals surface area contributed by atoms with E-state index in [0.29, 0.717) is 13.2 Å². The second-order valence-electron chi connectivity index (χ2n) is 6.05. The van der Waals surface area contributed by atoms with Crippen molar-refractivity contribution < 1.29 is 9.47 Å². The summed E-state index contributed by atoms with van der Waals surface area (Å²) in [6.07, 6.45) is 2.06. The Morgan fingerprint density at radius 1 is 1.22 bits per heavy atom. The largest absolute Gasteiger partial charge is 0.493 e. The summed E-state index contributed by atoms with van der Waals surface area (Å²) in [4.78, 5) is 6.91. The monoisotopic (exact) mass is 486 g/mol. The van der Waals surface area contributed by atoms with Crippen LogP contribution in [0.1, 0.15) is 25.1 Å². The number of methoxy groups -OCH3 is 1. The maximum Gasteiger partial charge on any atom is 0.194 e. The van der Waals surface area contributed by atoms with Crippen LogP contribution in [-0.4, -0.2) is 42.7 Å². The Kier molecular flexibility index (Phi) is 10.1. The molecule has 0 unspecified atom stereocenters. The van der Waals surface area contributed by atoms with E-state index in [1.165, 1.54) is 5.69 Å². The molecule has 1 N–H and O–H groups in total. The molecule has 0 aliphatic carbocycles. The average molecular weight is 486 g/mol. The number of nitrogens with zero attached hydrogens (tertiary/aromatic N) is 3. The fourth-order valence-corrected chi connectivity index (χ4v) is 2.70. The van der Waals surface area contributed by atoms with Gasteiger partial charge in [-0.15, -0.1) is 24.0 Å². The van der Waals surface area contributed by atoms with Gasteiger partial charge in [-0.25, -0.2) is 4.99 Å². The van der Waals surface area contributed by atoms with Crippen LogP contribution in [0.3, 0.4) is 0 Å². The number of aromatic nitrogens is 1. The molecule has 1 aromatic carbocycles. The number of halogens is 1. The van der Waals surface area contributed by atoms with Crippen molar-refractivity contribution in [2.24, 2.45) is 12.0 Å². The van der Waals surface area contributed by atoms with Crippen molar-refractivity contribution in [3.8, 4) is 11.5 Å². The minimum Gasteiger partial charge on any atom is -0.493 e. The van der Waals surface area contributed by atoms with E-state index in [1.54, 1.807) is 7.11 Å².